The van der Waals surface area contributed by atoms with Crippen LogP contribution in [-0.2, 0) is 11.3 Å². The first-order valence-electron chi connectivity index (χ1n) is 7.75. The molecular formula is C18H22ClN3O2. The van der Waals surface area contributed by atoms with E-state index in [4.69, 9.17) is 16.7 Å². The Morgan fingerprint density at radius 3 is 2.75 bits per heavy atom. The number of aromatic nitrogens is 2. The van der Waals surface area contributed by atoms with E-state index in [0.29, 0.717) is 18.1 Å². The largest absolute Gasteiger partial charge is 0.395 e. The van der Waals surface area contributed by atoms with Gasteiger partial charge < -0.3 is 10.0 Å². The van der Waals surface area contributed by atoms with E-state index in [0.717, 1.165) is 22.5 Å². The molecule has 2 aromatic rings. The molecule has 0 atom stereocenters. The standard InChI is InChI=1S/C18H22ClN3O2/c1-13-16(8-9-18(24)21(3)10-11-23)14(2)22(20-13)12-15-6-4-5-7-17(15)19/h4-9,23H,10-12H2,1-3H3/b9-8+. The Morgan fingerprint density at radius 1 is 1.38 bits per heavy atom. The Morgan fingerprint density at radius 2 is 2.08 bits per heavy atom. The molecule has 0 spiro atoms. The highest BCUT2D eigenvalue weighted by atomic mass is 35.5. The number of aryl methyl sites for hydroxylation is 1. The van der Waals surface area contributed by atoms with Gasteiger partial charge >= 0.3 is 0 Å². The van der Waals surface area contributed by atoms with E-state index in [2.05, 4.69) is 5.10 Å². The number of benzene rings is 1. The molecule has 1 aromatic carbocycles. The molecule has 0 radical (unpaired) electrons. The lowest BCUT2D eigenvalue weighted by atomic mass is 10.1. The third kappa shape index (κ3) is 4.24. The van der Waals surface area contributed by atoms with Gasteiger partial charge in [0.15, 0.2) is 0 Å². The third-order valence-electron chi connectivity index (χ3n) is 3.92. The van der Waals surface area contributed by atoms with Gasteiger partial charge in [0.25, 0.3) is 0 Å². The van der Waals surface area contributed by atoms with Crippen LogP contribution in [0.5, 0.6) is 0 Å². The Kier molecular flexibility index (Phi) is 6.17. The number of amides is 1. The number of hydrogen-bond acceptors (Lipinski definition) is 3. The van der Waals surface area contributed by atoms with Crippen molar-refractivity contribution in [1.82, 2.24) is 14.7 Å². The topological polar surface area (TPSA) is 58.4 Å². The number of aliphatic hydroxyl groups excluding tert-OH is 1. The lowest BCUT2D eigenvalue weighted by Gasteiger charge is -2.12. The molecule has 1 heterocycles. The molecule has 0 fully saturated rings. The molecule has 5 nitrogen and oxygen atoms in total. The first kappa shape index (κ1) is 18.2. The van der Waals surface area contributed by atoms with Crippen molar-refractivity contribution in [3.05, 3.63) is 57.9 Å². The van der Waals surface area contributed by atoms with Crippen LogP contribution in [0.15, 0.2) is 30.3 Å². The van der Waals surface area contributed by atoms with Crippen molar-refractivity contribution < 1.29 is 9.90 Å². The van der Waals surface area contributed by atoms with Gasteiger partial charge in [-0.05, 0) is 31.6 Å². The summed E-state index contributed by atoms with van der Waals surface area (Å²) in [6, 6.07) is 7.68. The first-order valence-corrected chi connectivity index (χ1v) is 8.13. The van der Waals surface area contributed by atoms with E-state index in [1.54, 1.807) is 13.1 Å². The molecular weight excluding hydrogens is 326 g/mol. The lowest BCUT2D eigenvalue weighted by molar-refractivity contribution is -0.125. The van der Waals surface area contributed by atoms with Crippen LogP contribution in [-0.4, -0.2) is 45.9 Å². The molecule has 1 aromatic heterocycles. The second-order valence-electron chi connectivity index (χ2n) is 5.65. The van der Waals surface area contributed by atoms with Gasteiger partial charge in [-0.15, -0.1) is 0 Å². The number of halogens is 1. The van der Waals surface area contributed by atoms with Crippen LogP contribution in [0.3, 0.4) is 0 Å². The third-order valence-corrected chi connectivity index (χ3v) is 4.29. The number of carbonyl (C=O) groups is 1. The predicted octanol–water partition coefficient (Wildman–Crippen LogP) is 2.67. The van der Waals surface area contributed by atoms with Crippen molar-refractivity contribution in [1.29, 1.82) is 0 Å². The van der Waals surface area contributed by atoms with Crippen molar-refractivity contribution in [3.8, 4) is 0 Å². The van der Waals surface area contributed by atoms with Crippen LogP contribution >= 0.6 is 11.6 Å². The molecule has 0 unspecified atom stereocenters. The number of rotatable bonds is 6. The van der Waals surface area contributed by atoms with Crippen LogP contribution in [0.2, 0.25) is 5.02 Å². The average molecular weight is 348 g/mol. The normalized spacial score (nSPS) is 11.2. The Labute approximate surface area is 147 Å². The molecule has 1 N–H and O–H groups in total. The van der Waals surface area contributed by atoms with Gasteiger partial charge in [0, 0.05) is 35.9 Å². The maximum atomic E-state index is 12.0. The van der Waals surface area contributed by atoms with E-state index in [1.165, 1.54) is 11.0 Å². The summed E-state index contributed by atoms with van der Waals surface area (Å²) < 4.78 is 1.89. The lowest BCUT2D eigenvalue weighted by Crippen LogP contribution is -2.27. The zero-order valence-electron chi connectivity index (χ0n) is 14.2. The summed E-state index contributed by atoms with van der Waals surface area (Å²) in [7, 11) is 1.66. The van der Waals surface area contributed by atoms with E-state index >= 15 is 0 Å². The molecule has 0 saturated carbocycles. The van der Waals surface area contributed by atoms with Crippen molar-refractivity contribution in [2.75, 3.05) is 20.2 Å². The van der Waals surface area contributed by atoms with Crippen molar-refractivity contribution in [3.63, 3.8) is 0 Å². The zero-order chi connectivity index (χ0) is 17.7. The van der Waals surface area contributed by atoms with Crippen molar-refractivity contribution in [2.24, 2.45) is 0 Å². The molecule has 0 aliphatic rings. The number of aliphatic hydroxyl groups is 1. The Bertz CT molecular complexity index is 753. The summed E-state index contributed by atoms with van der Waals surface area (Å²) >= 11 is 6.21. The average Bonchev–Trinajstić information content (AvgIpc) is 2.81. The fraction of sp³-hybridized carbons (Fsp3) is 0.333. The van der Waals surface area contributed by atoms with Gasteiger partial charge in [0.1, 0.15) is 0 Å². The molecule has 0 bridgehead atoms. The van der Waals surface area contributed by atoms with Crippen LogP contribution in [0.25, 0.3) is 6.08 Å². The summed E-state index contributed by atoms with van der Waals surface area (Å²) in [6.45, 7) is 4.73. The van der Waals surface area contributed by atoms with Gasteiger partial charge in [-0.25, -0.2) is 0 Å². The van der Waals surface area contributed by atoms with Crippen LogP contribution < -0.4 is 0 Å². The number of carbonyl (C=O) groups excluding carboxylic acids is 1. The molecule has 6 heteroatoms. The van der Waals surface area contributed by atoms with Gasteiger partial charge in [-0.1, -0.05) is 29.8 Å². The smallest absolute Gasteiger partial charge is 0.246 e. The molecule has 2 rings (SSSR count). The van der Waals surface area contributed by atoms with E-state index in [-0.39, 0.29) is 12.5 Å². The second-order valence-corrected chi connectivity index (χ2v) is 6.06. The maximum Gasteiger partial charge on any atom is 0.246 e. The number of likely N-dealkylation sites (N-methyl/N-ethyl adjacent to an activating group) is 1. The highest BCUT2D eigenvalue weighted by Crippen LogP contribution is 2.20. The molecule has 0 saturated heterocycles. The van der Waals surface area contributed by atoms with E-state index in [1.807, 2.05) is 42.8 Å². The second kappa shape index (κ2) is 8.13. The molecule has 1 amide bonds. The van der Waals surface area contributed by atoms with E-state index < -0.39 is 0 Å². The quantitative estimate of drug-likeness (QED) is 0.817. The fourth-order valence-corrected chi connectivity index (χ4v) is 2.63. The SMILES string of the molecule is Cc1nn(Cc2ccccc2Cl)c(C)c1/C=C/C(=O)N(C)CCO. The van der Waals surface area contributed by atoms with Gasteiger partial charge in [0.2, 0.25) is 5.91 Å². The predicted molar refractivity (Wildman–Crippen MR) is 96.0 cm³/mol. The minimum atomic E-state index is -0.151. The summed E-state index contributed by atoms with van der Waals surface area (Å²) in [5.41, 5.74) is 3.75. The summed E-state index contributed by atoms with van der Waals surface area (Å²) in [5.74, 6) is -0.151. The minimum Gasteiger partial charge on any atom is -0.395 e. The monoisotopic (exact) mass is 347 g/mol. The zero-order valence-corrected chi connectivity index (χ0v) is 14.9. The first-order chi connectivity index (χ1) is 11.4. The highest BCUT2D eigenvalue weighted by molar-refractivity contribution is 6.31. The van der Waals surface area contributed by atoms with Crippen molar-refractivity contribution >= 4 is 23.6 Å². The summed E-state index contributed by atoms with van der Waals surface area (Å²) in [5, 5.41) is 14.1. The summed E-state index contributed by atoms with van der Waals surface area (Å²) in [4.78, 5) is 13.4. The molecule has 0 aliphatic carbocycles. The molecule has 128 valence electrons. The Balaban J connectivity index is 2.20. The Hall–Kier alpha value is -2.11. The van der Waals surface area contributed by atoms with E-state index in [9.17, 15) is 4.79 Å². The highest BCUT2D eigenvalue weighted by Gasteiger charge is 2.11. The van der Waals surface area contributed by atoms with Crippen LogP contribution in [0, 0.1) is 13.8 Å². The van der Waals surface area contributed by atoms with Crippen LogP contribution in [0.4, 0.5) is 0 Å². The summed E-state index contributed by atoms with van der Waals surface area (Å²) in [6.07, 6.45) is 3.28. The van der Waals surface area contributed by atoms with Gasteiger partial charge in [0.05, 0.1) is 18.8 Å². The number of hydrogen-bond donors (Lipinski definition) is 1. The minimum absolute atomic E-state index is 0.0517. The fourth-order valence-electron chi connectivity index (χ4n) is 2.44. The van der Waals surface area contributed by atoms with Crippen LogP contribution in [0.1, 0.15) is 22.5 Å². The van der Waals surface area contributed by atoms with Gasteiger partial charge in [-0.2, -0.15) is 5.10 Å². The number of nitrogens with zero attached hydrogens (tertiary/aromatic N) is 3. The van der Waals surface area contributed by atoms with Gasteiger partial charge in [-0.3, -0.25) is 9.48 Å². The maximum absolute atomic E-state index is 12.0. The van der Waals surface area contributed by atoms with Crippen molar-refractivity contribution in [2.45, 2.75) is 20.4 Å². The molecule has 24 heavy (non-hydrogen) atoms. The molecule has 0 aliphatic heterocycles.